The SMILES string of the molecule is O=C(Nc1cccnc1C(=O)O)c1cc(O)cc(O)c1. The number of hydrogen-bond acceptors (Lipinski definition) is 5. The highest BCUT2D eigenvalue weighted by atomic mass is 16.4. The molecule has 0 fully saturated rings. The number of nitrogens with one attached hydrogen (secondary N) is 1. The number of pyridine rings is 1. The number of rotatable bonds is 3. The molecule has 0 aliphatic carbocycles. The van der Waals surface area contributed by atoms with Crippen LogP contribution < -0.4 is 5.32 Å². The Morgan fingerprint density at radius 1 is 1.10 bits per heavy atom. The molecule has 0 aliphatic rings. The van der Waals surface area contributed by atoms with Crippen LogP contribution in [0.1, 0.15) is 20.8 Å². The first-order valence-electron chi connectivity index (χ1n) is 5.50. The number of carbonyl (C=O) groups is 2. The second-order valence-electron chi connectivity index (χ2n) is 3.90. The number of carbonyl (C=O) groups excluding carboxylic acids is 1. The quantitative estimate of drug-likeness (QED) is 0.672. The Morgan fingerprint density at radius 2 is 1.75 bits per heavy atom. The maximum atomic E-state index is 11.9. The molecule has 2 aromatic rings. The van der Waals surface area contributed by atoms with E-state index in [1.807, 2.05) is 0 Å². The van der Waals surface area contributed by atoms with E-state index in [4.69, 9.17) is 5.11 Å². The van der Waals surface area contributed by atoms with Crippen LogP contribution in [0.3, 0.4) is 0 Å². The third kappa shape index (κ3) is 2.83. The molecule has 4 N–H and O–H groups in total. The van der Waals surface area contributed by atoms with Crippen LogP contribution in [0, 0.1) is 0 Å². The monoisotopic (exact) mass is 274 g/mol. The maximum absolute atomic E-state index is 11.9. The highest BCUT2D eigenvalue weighted by Crippen LogP contribution is 2.21. The first-order valence-corrected chi connectivity index (χ1v) is 5.50. The molecule has 1 amide bonds. The zero-order valence-corrected chi connectivity index (χ0v) is 10.1. The number of nitrogens with zero attached hydrogens (tertiary/aromatic N) is 1. The molecule has 0 unspecified atom stereocenters. The van der Waals surface area contributed by atoms with Gasteiger partial charge in [0.25, 0.3) is 5.91 Å². The number of phenols is 2. The van der Waals surface area contributed by atoms with E-state index in [2.05, 4.69) is 10.3 Å². The lowest BCUT2D eigenvalue weighted by Gasteiger charge is -2.08. The number of carboxylic acid groups (broad SMARTS) is 1. The molecule has 20 heavy (non-hydrogen) atoms. The molecule has 0 aliphatic heterocycles. The molecule has 1 aromatic heterocycles. The predicted octanol–water partition coefficient (Wildman–Crippen LogP) is 1.44. The standard InChI is InChI=1S/C13H10N2O5/c16-8-4-7(5-9(17)6-8)12(18)15-10-2-1-3-14-11(10)13(19)20/h1-6,16-17H,(H,15,18)(H,19,20). The summed E-state index contributed by atoms with van der Waals surface area (Å²) >= 11 is 0. The third-order valence-corrected chi connectivity index (χ3v) is 2.42. The van der Waals surface area contributed by atoms with E-state index in [-0.39, 0.29) is 28.4 Å². The summed E-state index contributed by atoms with van der Waals surface area (Å²) in [5.41, 5.74) is -0.291. The first kappa shape index (κ1) is 13.3. The van der Waals surface area contributed by atoms with E-state index in [1.54, 1.807) is 0 Å². The summed E-state index contributed by atoms with van der Waals surface area (Å²) in [4.78, 5) is 26.5. The summed E-state index contributed by atoms with van der Waals surface area (Å²) in [6.07, 6.45) is 1.29. The van der Waals surface area contributed by atoms with Crippen molar-refractivity contribution in [2.45, 2.75) is 0 Å². The fraction of sp³-hybridized carbons (Fsp3) is 0. The molecule has 0 bridgehead atoms. The van der Waals surface area contributed by atoms with Gasteiger partial charge in [-0.05, 0) is 24.3 Å². The number of aromatic nitrogens is 1. The molecular formula is C13H10N2O5. The molecule has 7 heteroatoms. The molecule has 1 aromatic carbocycles. The van der Waals surface area contributed by atoms with Crippen molar-refractivity contribution < 1.29 is 24.9 Å². The van der Waals surface area contributed by atoms with Crippen molar-refractivity contribution in [1.29, 1.82) is 0 Å². The predicted molar refractivity (Wildman–Crippen MR) is 68.9 cm³/mol. The van der Waals surface area contributed by atoms with Crippen LogP contribution in [0.25, 0.3) is 0 Å². The van der Waals surface area contributed by atoms with Gasteiger partial charge in [-0.2, -0.15) is 0 Å². The van der Waals surface area contributed by atoms with Gasteiger partial charge in [-0.25, -0.2) is 9.78 Å². The van der Waals surface area contributed by atoms with Crippen LogP contribution in [0.4, 0.5) is 5.69 Å². The number of carboxylic acids is 1. The molecule has 102 valence electrons. The minimum atomic E-state index is -1.28. The molecule has 0 saturated carbocycles. The Bertz CT molecular complexity index is 664. The van der Waals surface area contributed by atoms with Gasteiger partial charge in [-0.3, -0.25) is 4.79 Å². The normalized spacial score (nSPS) is 10.0. The van der Waals surface area contributed by atoms with Crippen molar-refractivity contribution in [3.8, 4) is 11.5 Å². The van der Waals surface area contributed by atoms with Crippen molar-refractivity contribution in [2.75, 3.05) is 5.32 Å². The summed E-state index contributed by atoms with van der Waals surface area (Å²) in [5.74, 6) is -2.51. The average Bonchev–Trinajstić information content (AvgIpc) is 2.37. The summed E-state index contributed by atoms with van der Waals surface area (Å²) in [5, 5.41) is 29.9. The highest BCUT2D eigenvalue weighted by molar-refractivity contribution is 6.07. The molecule has 0 spiro atoms. The van der Waals surface area contributed by atoms with Crippen molar-refractivity contribution in [2.24, 2.45) is 0 Å². The fourth-order valence-corrected chi connectivity index (χ4v) is 1.60. The van der Waals surface area contributed by atoms with Crippen LogP contribution in [0.15, 0.2) is 36.5 Å². The lowest BCUT2D eigenvalue weighted by molar-refractivity contribution is 0.0691. The van der Waals surface area contributed by atoms with Crippen molar-refractivity contribution in [3.05, 3.63) is 47.8 Å². The van der Waals surface area contributed by atoms with Gasteiger partial charge in [0.1, 0.15) is 11.5 Å². The molecule has 1 heterocycles. The second kappa shape index (κ2) is 5.27. The highest BCUT2D eigenvalue weighted by Gasteiger charge is 2.15. The smallest absolute Gasteiger partial charge is 0.356 e. The molecule has 0 radical (unpaired) electrons. The number of aromatic carboxylic acids is 1. The van der Waals surface area contributed by atoms with E-state index < -0.39 is 11.9 Å². The molecule has 0 atom stereocenters. The van der Waals surface area contributed by atoms with Gasteiger partial charge in [-0.15, -0.1) is 0 Å². The molecule has 0 saturated heterocycles. The van der Waals surface area contributed by atoms with Gasteiger partial charge in [0.2, 0.25) is 0 Å². The van der Waals surface area contributed by atoms with E-state index in [9.17, 15) is 19.8 Å². The fourth-order valence-electron chi connectivity index (χ4n) is 1.60. The van der Waals surface area contributed by atoms with Crippen LogP contribution >= 0.6 is 0 Å². The zero-order valence-electron chi connectivity index (χ0n) is 10.1. The minimum Gasteiger partial charge on any atom is -0.508 e. The average molecular weight is 274 g/mol. The van der Waals surface area contributed by atoms with E-state index >= 15 is 0 Å². The Hall–Kier alpha value is -3.09. The number of aromatic hydroxyl groups is 2. The lowest BCUT2D eigenvalue weighted by atomic mass is 10.1. The van der Waals surface area contributed by atoms with Gasteiger partial charge in [0.05, 0.1) is 5.69 Å². The number of anilines is 1. The van der Waals surface area contributed by atoms with Gasteiger partial charge in [-0.1, -0.05) is 0 Å². The molecule has 7 nitrogen and oxygen atoms in total. The maximum Gasteiger partial charge on any atom is 0.356 e. The van der Waals surface area contributed by atoms with Gasteiger partial charge in [0, 0.05) is 17.8 Å². The van der Waals surface area contributed by atoms with E-state index in [0.717, 1.165) is 18.2 Å². The summed E-state index contributed by atoms with van der Waals surface area (Å²) in [6.45, 7) is 0. The number of benzene rings is 1. The third-order valence-electron chi connectivity index (χ3n) is 2.42. The first-order chi connectivity index (χ1) is 9.47. The van der Waals surface area contributed by atoms with Crippen molar-refractivity contribution >= 4 is 17.6 Å². The van der Waals surface area contributed by atoms with Crippen LogP contribution in [-0.2, 0) is 0 Å². The largest absolute Gasteiger partial charge is 0.508 e. The zero-order chi connectivity index (χ0) is 14.7. The Labute approximate surface area is 113 Å². The van der Waals surface area contributed by atoms with Gasteiger partial charge in [0.15, 0.2) is 5.69 Å². The van der Waals surface area contributed by atoms with E-state index in [0.29, 0.717) is 0 Å². The minimum absolute atomic E-state index is 0.0114. The van der Waals surface area contributed by atoms with Crippen LogP contribution in [-0.4, -0.2) is 32.2 Å². The van der Waals surface area contributed by atoms with Crippen LogP contribution in [0.2, 0.25) is 0 Å². The summed E-state index contributed by atoms with van der Waals surface area (Å²) in [7, 11) is 0. The Kier molecular flexibility index (Phi) is 3.52. The number of amides is 1. The van der Waals surface area contributed by atoms with E-state index in [1.165, 1.54) is 18.3 Å². The molecular weight excluding hydrogens is 264 g/mol. The summed E-state index contributed by atoms with van der Waals surface area (Å²) in [6, 6.07) is 6.22. The Morgan fingerprint density at radius 3 is 2.35 bits per heavy atom. The number of phenolic OH excluding ortho intramolecular Hbond substituents is 2. The molecule has 2 rings (SSSR count). The topological polar surface area (TPSA) is 120 Å². The number of hydrogen-bond donors (Lipinski definition) is 4. The van der Waals surface area contributed by atoms with Crippen LogP contribution in [0.5, 0.6) is 11.5 Å². The summed E-state index contributed by atoms with van der Waals surface area (Å²) < 4.78 is 0. The van der Waals surface area contributed by atoms with Crippen molar-refractivity contribution in [1.82, 2.24) is 4.98 Å². The van der Waals surface area contributed by atoms with Crippen molar-refractivity contribution in [3.63, 3.8) is 0 Å². The second-order valence-corrected chi connectivity index (χ2v) is 3.90. The van der Waals surface area contributed by atoms with Gasteiger partial charge >= 0.3 is 5.97 Å². The lowest BCUT2D eigenvalue weighted by Crippen LogP contribution is -2.15. The van der Waals surface area contributed by atoms with Gasteiger partial charge < -0.3 is 20.6 Å². The Balaban J connectivity index is 2.30.